The van der Waals surface area contributed by atoms with Crippen molar-refractivity contribution in [2.45, 2.75) is 47.0 Å². The van der Waals surface area contributed by atoms with Gasteiger partial charge < -0.3 is 25.2 Å². The second-order valence-electron chi connectivity index (χ2n) is 6.88. The highest BCUT2D eigenvalue weighted by molar-refractivity contribution is 5.96. The summed E-state index contributed by atoms with van der Waals surface area (Å²) in [6, 6.07) is 8.92. The predicted octanol–water partition coefficient (Wildman–Crippen LogP) is 2.37. The normalized spacial score (nSPS) is 9.64. The van der Waals surface area contributed by atoms with Crippen molar-refractivity contribution >= 4 is 41.6 Å². The topological polar surface area (TPSA) is 165 Å². The summed E-state index contributed by atoms with van der Waals surface area (Å²) >= 11 is 0. The first-order valence-corrected chi connectivity index (χ1v) is 10.9. The summed E-state index contributed by atoms with van der Waals surface area (Å²) < 4.78 is 8.86. The molecule has 0 aromatic heterocycles. The first-order valence-electron chi connectivity index (χ1n) is 10.9. The van der Waals surface area contributed by atoms with Crippen LogP contribution in [0.25, 0.3) is 6.08 Å². The fourth-order valence-corrected chi connectivity index (χ4v) is 2.18. The van der Waals surface area contributed by atoms with Gasteiger partial charge in [0.1, 0.15) is 23.6 Å². The zero-order valence-electron chi connectivity index (χ0n) is 21.2. The fraction of sp³-hybridized carbons (Fsp3) is 0.360. The second-order valence-corrected chi connectivity index (χ2v) is 6.88. The van der Waals surface area contributed by atoms with E-state index in [0.717, 1.165) is 12.0 Å². The molecular formula is C25H34N2O9. The van der Waals surface area contributed by atoms with Gasteiger partial charge in [-0.15, -0.1) is 0 Å². The smallest absolute Gasteiger partial charge is 0.353 e. The molecule has 1 rings (SSSR count). The van der Waals surface area contributed by atoms with Crippen LogP contribution in [0.5, 0.6) is 0 Å². The first kappa shape index (κ1) is 33.9. The summed E-state index contributed by atoms with van der Waals surface area (Å²) in [7, 11) is 1.22. The van der Waals surface area contributed by atoms with Gasteiger partial charge >= 0.3 is 17.9 Å². The number of rotatable bonds is 10. The van der Waals surface area contributed by atoms with E-state index in [1.54, 1.807) is 31.2 Å². The van der Waals surface area contributed by atoms with Crippen LogP contribution >= 0.6 is 0 Å². The van der Waals surface area contributed by atoms with Gasteiger partial charge in [-0.2, -0.15) is 0 Å². The van der Waals surface area contributed by atoms with Crippen molar-refractivity contribution in [1.82, 2.24) is 10.6 Å². The molecule has 11 heteroatoms. The maximum Gasteiger partial charge on any atom is 0.353 e. The van der Waals surface area contributed by atoms with Gasteiger partial charge in [-0.05, 0) is 25.0 Å². The number of nitrogens with one attached hydrogen (secondary N) is 2. The standard InChI is InChI=1S/C11H11NO3.C8H14O3.C6H9NO3/c1-8(13)12-10(11(14)15)7-9-5-3-2-4-6-9;1-3-5-7(9)6-8(10)11-4-2;1-4(6(9)10-3)7-5(2)8/h2-7H,1H3,(H,12,13)(H,14,15);3-6H2,1-2H3;1H2,2-3H3,(H,7,8)/b10-7-;;. The minimum Gasteiger partial charge on any atom is -0.477 e. The minimum atomic E-state index is -1.16. The van der Waals surface area contributed by atoms with Crippen molar-refractivity contribution in [3.8, 4) is 0 Å². The van der Waals surface area contributed by atoms with Crippen LogP contribution in [-0.2, 0) is 38.2 Å². The number of Topliss-reactive ketones (excluding diaryl/α,β-unsaturated/α-hetero) is 1. The maximum absolute atomic E-state index is 10.8. The molecule has 0 fully saturated rings. The molecule has 0 saturated heterocycles. The van der Waals surface area contributed by atoms with Gasteiger partial charge in [-0.25, -0.2) is 9.59 Å². The van der Waals surface area contributed by atoms with Gasteiger partial charge in [0.15, 0.2) is 0 Å². The van der Waals surface area contributed by atoms with Crippen LogP contribution in [0, 0.1) is 0 Å². The summed E-state index contributed by atoms with van der Waals surface area (Å²) in [6.07, 6.45) is 2.60. The Bertz CT molecular complexity index is 922. The molecule has 0 unspecified atom stereocenters. The molecule has 0 aliphatic heterocycles. The molecular weight excluding hydrogens is 472 g/mol. The highest BCUT2D eigenvalue weighted by Gasteiger charge is 2.09. The molecule has 0 aliphatic carbocycles. The number of benzene rings is 1. The third-order valence-electron chi connectivity index (χ3n) is 3.59. The summed E-state index contributed by atoms with van der Waals surface area (Å²) in [4.78, 5) is 63.8. The van der Waals surface area contributed by atoms with E-state index in [0.29, 0.717) is 13.0 Å². The Hall–Kier alpha value is -4.28. The van der Waals surface area contributed by atoms with Gasteiger partial charge in [0.2, 0.25) is 11.8 Å². The molecule has 36 heavy (non-hydrogen) atoms. The van der Waals surface area contributed by atoms with Crippen molar-refractivity contribution in [2.75, 3.05) is 13.7 Å². The lowest BCUT2D eigenvalue weighted by Crippen LogP contribution is -2.24. The Kier molecular flexibility index (Phi) is 18.9. The van der Waals surface area contributed by atoms with Crippen molar-refractivity contribution in [2.24, 2.45) is 0 Å². The number of hydrogen-bond acceptors (Lipinski definition) is 8. The number of carbonyl (C=O) groups is 6. The Labute approximate surface area is 210 Å². The predicted molar refractivity (Wildman–Crippen MR) is 132 cm³/mol. The molecule has 1 aromatic rings. The molecule has 1 aromatic carbocycles. The van der Waals surface area contributed by atoms with Crippen LogP contribution in [0.3, 0.4) is 0 Å². The number of carboxylic acids is 1. The number of amides is 2. The number of esters is 2. The molecule has 198 valence electrons. The van der Waals surface area contributed by atoms with Crippen LogP contribution < -0.4 is 10.6 Å². The van der Waals surface area contributed by atoms with Gasteiger partial charge in [0, 0.05) is 20.3 Å². The third-order valence-corrected chi connectivity index (χ3v) is 3.59. The molecule has 3 N–H and O–H groups in total. The van der Waals surface area contributed by atoms with Crippen LogP contribution in [0.4, 0.5) is 0 Å². The average molecular weight is 507 g/mol. The van der Waals surface area contributed by atoms with Crippen LogP contribution in [0.15, 0.2) is 48.3 Å². The minimum absolute atomic E-state index is 0.0362. The average Bonchev–Trinajstić information content (AvgIpc) is 2.79. The summed E-state index contributed by atoms with van der Waals surface area (Å²) in [5, 5.41) is 13.2. The Morgan fingerprint density at radius 2 is 1.53 bits per heavy atom. The van der Waals surface area contributed by atoms with Gasteiger partial charge in [-0.3, -0.25) is 19.2 Å². The van der Waals surface area contributed by atoms with E-state index >= 15 is 0 Å². The molecule has 11 nitrogen and oxygen atoms in total. The quantitative estimate of drug-likeness (QED) is 0.245. The van der Waals surface area contributed by atoms with E-state index < -0.39 is 23.8 Å². The zero-order chi connectivity index (χ0) is 28.1. The number of methoxy groups -OCH3 is 1. The Balaban J connectivity index is 0. The third kappa shape index (κ3) is 19.2. The maximum atomic E-state index is 10.8. The van der Waals surface area contributed by atoms with E-state index in [1.807, 2.05) is 13.0 Å². The Morgan fingerprint density at radius 3 is 1.94 bits per heavy atom. The van der Waals surface area contributed by atoms with Crippen LogP contribution in [0.1, 0.15) is 52.5 Å². The lowest BCUT2D eigenvalue weighted by atomic mass is 10.2. The number of ether oxygens (including phenoxy) is 2. The number of carbonyl (C=O) groups excluding carboxylic acids is 5. The SMILES string of the molecule is C=C(NC(C)=O)C(=O)OC.CC(=O)N/C(=C\c1ccccc1)C(=O)O.CCCC(=O)CC(=O)OCC. The van der Waals surface area contributed by atoms with Crippen molar-refractivity contribution < 1.29 is 43.3 Å². The molecule has 0 aliphatic rings. The highest BCUT2D eigenvalue weighted by Crippen LogP contribution is 2.04. The lowest BCUT2D eigenvalue weighted by Gasteiger charge is -2.02. The summed E-state index contributed by atoms with van der Waals surface area (Å²) in [6.45, 7) is 9.79. The number of carboxylic acid groups (broad SMARTS) is 1. The van der Waals surface area contributed by atoms with E-state index in [2.05, 4.69) is 26.7 Å². The molecule has 2 amide bonds. The molecule has 0 atom stereocenters. The number of ketones is 1. The Morgan fingerprint density at radius 1 is 0.972 bits per heavy atom. The van der Waals surface area contributed by atoms with Gasteiger partial charge in [0.05, 0.1) is 13.7 Å². The van der Waals surface area contributed by atoms with Gasteiger partial charge in [-0.1, -0.05) is 43.8 Å². The number of hydrogen-bond donors (Lipinski definition) is 3. The van der Waals surface area contributed by atoms with Crippen LogP contribution in [-0.4, -0.2) is 54.3 Å². The molecule has 0 bridgehead atoms. The van der Waals surface area contributed by atoms with E-state index in [9.17, 15) is 28.8 Å². The van der Waals surface area contributed by atoms with Crippen LogP contribution in [0.2, 0.25) is 0 Å². The van der Waals surface area contributed by atoms with Crippen molar-refractivity contribution in [3.63, 3.8) is 0 Å². The van der Waals surface area contributed by atoms with E-state index in [-0.39, 0.29) is 29.5 Å². The van der Waals surface area contributed by atoms with E-state index in [1.165, 1.54) is 27.0 Å². The molecule has 0 heterocycles. The van der Waals surface area contributed by atoms with Crippen molar-refractivity contribution in [1.29, 1.82) is 0 Å². The first-order chi connectivity index (χ1) is 16.9. The zero-order valence-corrected chi connectivity index (χ0v) is 21.2. The van der Waals surface area contributed by atoms with E-state index in [4.69, 9.17) is 5.11 Å². The summed E-state index contributed by atoms with van der Waals surface area (Å²) in [5.74, 6) is -2.98. The molecule has 0 spiro atoms. The van der Waals surface area contributed by atoms with Gasteiger partial charge in [0.25, 0.3) is 0 Å². The summed E-state index contributed by atoms with van der Waals surface area (Å²) in [5.41, 5.74) is 0.548. The van der Waals surface area contributed by atoms with Crippen molar-refractivity contribution in [3.05, 3.63) is 53.9 Å². The number of aliphatic carboxylic acids is 1. The second kappa shape index (κ2) is 20.1. The monoisotopic (exact) mass is 506 g/mol. The highest BCUT2D eigenvalue weighted by atomic mass is 16.5. The molecule has 0 saturated carbocycles. The lowest BCUT2D eigenvalue weighted by molar-refractivity contribution is -0.145. The largest absolute Gasteiger partial charge is 0.477 e. The fourth-order valence-electron chi connectivity index (χ4n) is 2.18. The molecule has 0 radical (unpaired) electrons.